The van der Waals surface area contributed by atoms with Crippen LogP contribution in [0.25, 0.3) is 0 Å². The van der Waals surface area contributed by atoms with E-state index in [1.54, 1.807) is 0 Å². The summed E-state index contributed by atoms with van der Waals surface area (Å²) in [7, 11) is 0. The predicted molar refractivity (Wildman–Crippen MR) is 83.3 cm³/mol. The Morgan fingerprint density at radius 3 is 3.00 bits per heavy atom. The molecule has 2 heteroatoms. The molecular weight excluding hydrogens is 232 g/mol. The van der Waals surface area contributed by atoms with E-state index < -0.39 is 0 Å². The Bertz CT molecular complexity index is 373. The van der Waals surface area contributed by atoms with Crippen molar-refractivity contribution >= 4 is 5.69 Å². The molecule has 0 amide bonds. The number of benzene rings is 1. The van der Waals surface area contributed by atoms with Crippen LogP contribution in [0.2, 0.25) is 0 Å². The molecule has 0 spiro atoms. The summed E-state index contributed by atoms with van der Waals surface area (Å²) in [6.45, 7) is 4.86. The minimum absolute atomic E-state index is 0.847. The fourth-order valence-corrected chi connectivity index (χ4v) is 3.25. The predicted octanol–water partition coefficient (Wildman–Crippen LogP) is 3.86. The van der Waals surface area contributed by atoms with Gasteiger partial charge < -0.3 is 10.6 Å². The molecule has 106 valence electrons. The minimum atomic E-state index is 0.847. The lowest BCUT2D eigenvalue weighted by molar-refractivity contribution is 0.138. The van der Waals surface area contributed by atoms with Gasteiger partial charge in [-0.05, 0) is 62.9 Å². The molecule has 1 heterocycles. The van der Waals surface area contributed by atoms with Gasteiger partial charge in [-0.15, -0.1) is 0 Å². The molecule has 1 aliphatic rings. The molecule has 0 bridgehead atoms. The van der Waals surface area contributed by atoms with Crippen LogP contribution in [0.1, 0.15) is 51.0 Å². The van der Waals surface area contributed by atoms with Crippen molar-refractivity contribution in [3.05, 3.63) is 29.8 Å². The fourth-order valence-electron chi connectivity index (χ4n) is 3.25. The van der Waals surface area contributed by atoms with Gasteiger partial charge in [-0.2, -0.15) is 0 Å². The van der Waals surface area contributed by atoms with Crippen molar-refractivity contribution < 1.29 is 0 Å². The van der Waals surface area contributed by atoms with E-state index in [0.29, 0.717) is 0 Å². The van der Waals surface area contributed by atoms with Crippen LogP contribution in [-0.2, 0) is 6.42 Å². The van der Waals surface area contributed by atoms with E-state index >= 15 is 0 Å². The average molecular weight is 260 g/mol. The van der Waals surface area contributed by atoms with Gasteiger partial charge in [-0.3, -0.25) is 0 Å². The highest BCUT2D eigenvalue weighted by atomic mass is 15.2. The normalized spacial score (nSPS) is 20.6. The number of aryl methyl sites for hydroxylation is 1. The summed E-state index contributed by atoms with van der Waals surface area (Å²) >= 11 is 0. The van der Waals surface area contributed by atoms with Gasteiger partial charge in [-0.25, -0.2) is 0 Å². The van der Waals surface area contributed by atoms with Crippen molar-refractivity contribution in [3.8, 4) is 0 Å². The van der Waals surface area contributed by atoms with Crippen molar-refractivity contribution in [3.63, 3.8) is 0 Å². The quantitative estimate of drug-likeness (QED) is 0.787. The van der Waals surface area contributed by atoms with Gasteiger partial charge in [0.25, 0.3) is 0 Å². The van der Waals surface area contributed by atoms with E-state index in [-0.39, 0.29) is 0 Å². The third-order valence-corrected chi connectivity index (χ3v) is 4.23. The molecule has 0 saturated carbocycles. The number of nitrogens with zero attached hydrogens (tertiary/aromatic N) is 1. The molecule has 19 heavy (non-hydrogen) atoms. The number of hydrogen-bond donors (Lipinski definition) is 1. The monoisotopic (exact) mass is 260 g/mol. The van der Waals surface area contributed by atoms with Crippen LogP contribution in [0.3, 0.4) is 0 Å². The summed E-state index contributed by atoms with van der Waals surface area (Å²) < 4.78 is 0. The van der Waals surface area contributed by atoms with Crippen LogP contribution >= 0.6 is 0 Å². The van der Waals surface area contributed by atoms with E-state index in [9.17, 15) is 0 Å². The van der Waals surface area contributed by atoms with Crippen LogP contribution in [-0.4, -0.2) is 24.0 Å². The highest BCUT2D eigenvalue weighted by Gasteiger charge is 2.20. The molecule has 1 aliphatic heterocycles. The number of hydrogen-bond acceptors (Lipinski definition) is 2. The largest absolute Gasteiger partial charge is 0.399 e. The first-order chi connectivity index (χ1) is 9.29. The van der Waals surface area contributed by atoms with Crippen molar-refractivity contribution in [1.82, 2.24) is 4.90 Å². The number of likely N-dealkylation sites (tertiary alicyclic amines) is 1. The maximum Gasteiger partial charge on any atom is 0.0316 e. The topological polar surface area (TPSA) is 29.3 Å². The average Bonchev–Trinajstić information content (AvgIpc) is 2.41. The standard InChI is InChI=1S/C17H28N2/c1-2-7-17-11-3-4-12-19(17)13-6-9-15-8-5-10-16(18)14-15/h5,8,10,14,17H,2-4,6-7,9,11-13,18H2,1H3. The van der Waals surface area contributed by atoms with Crippen molar-refractivity contribution in [2.45, 2.75) is 57.9 Å². The SMILES string of the molecule is CCCC1CCCCN1CCCc1cccc(N)c1. The van der Waals surface area contributed by atoms with E-state index in [1.807, 2.05) is 6.07 Å². The Morgan fingerprint density at radius 2 is 2.21 bits per heavy atom. The minimum Gasteiger partial charge on any atom is -0.399 e. The first-order valence-corrected chi connectivity index (χ1v) is 7.88. The second-order valence-corrected chi connectivity index (χ2v) is 5.82. The molecule has 1 aromatic carbocycles. The van der Waals surface area contributed by atoms with Crippen LogP contribution in [0.4, 0.5) is 5.69 Å². The van der Waals surface area contributed by atoms with Gasteiger partial charge in [0, 0.05) is 11.7 Å². The molecule has 1 unspecified atom stereocenters. The van der Waals surface area contributed by atoms with Crippen LogP contribution in [0.15, 0.2) is 24.3 Å². The molecular formula is C17H28N2. The summed E-state index contributed by atoms with van der Waals surface area (Å²) in [4.78, 5) is 2.72. The first kappa shape index (κ1) is 14.4. The molecule has 2 rings (SSSR count). The Kier molecular flexibility index (Phi) is 5.71. The maximum atomic E-state index is 5.82. The smallest absolute Gasteiger partial charge is 0.0316 e. The van der Waals surface area contributed by atoms with Crippen molar-refractivity contribution in [2.75, 3.05) is 18.8 Å². The zero-order valence-corrected chi connectivity index (χ0v) is 12.3. The summed E-state index contributed by atoms with van der Waals surface area (Å²) in [5.74, 6) is 0. The molecule has 1 aromatic rings. The Morgan fingerprint density at radius 1 is 1.32 bits per heavy atom. The lowest BCUT2D eigenvalue weighted by Gasteiger charge is -2.35. The zero-order chi connectivity index (χ0) is 13.5. The highest BCUT2D eigenvalue weighted by molar-refractivity contribution is 5.40. The molecule has 0 aromatic heterocycles. The van der Waals surface area contributed by atoms with Gasteiger partial charge in [0.2, 0.25) is 0 Å². The summed E-state index contributed by atoms with van der Waals surface area (Å²) in [5.41, 5.74) is 8.09. The molecule has 2 N–H and O–H groups in total. The number of anilines is 1. The van der Waals surface area contributed by atoms with Gasteiger partial charge >= 0.3 is 0 Å². The van der Waals surface area contributed by atoms with Crippen LogP contribution < -0.4 is 5.73 Å². The fraction of sp³-hybridized carbons (Fsp3) is 0.647. The molecule has 1 fully saturated rings. The summed E-state index contributed by atoms with van der Waals surface area (Å²) in [6, 6.07) is 9.17. The van der Waals surface area contributed by atoms with E-state index in [2.05, 4.69) is 30.0 Å². The van der Waals surface area contributed by atoms with Crippen LogP contribution in [0, 0.1) is 0 Å². The van der Waals surface area contributed by atoms with Crippen molar-refractivity contribution in [1.29, 1.82) is 0 Å². The van der Waals surface area contributed by atoms with E-state index in [1.165, 1.54) is 57.2 Å². The second kappa shape index (κ2) is 7.54. The lowest BCUT2D eigenvalue weighted by atomic mass is 9.97. The Hall–Kier alpha value is -1.02. The number of nitrogen functional groups attached to an aromatic ring is 1. The molecule has 1 saturated heterocycles. The highest BCUT2D eigenvalue weighted by Crippen LogP contribution is 2.21. The lowest BCUT2D eigenvalue weighted by Crippen LogP contribution is -2.40. The first-order valence-electron chi connectivity index (χ1n) is 7.88. The van der Waals surface area contributed by atoms with Crippen molar-refractivity contribution in [2.24, 2.45) is 0 Å². The second-order valence-electron chi connectivity index (χ2n) is 5.82. The van der Waals surface area contributed by atoms with Crippen LogP contribution in [0.5, 0.6) is 0 Å². The molecule has 0 radical (unpaired) electrons. The Balaban J connectivity index is 1.77. The van der Waals surface area contributed by atoms with Gasteiger partial charge in [0.05, 0.1) is 0 Å². The number of nitrogens with two attached hydrogens (primary N) is 1. The summed E-state index contributed by atoms with van der Waals surface area (Å²) in [5, 5.41) is 0. The number of piperidine rings is 1. The number of rotatable bonds is 6. The Labute approximate surface area is 118 Å². The zero-order valence-electron chi connectivity index (χ0n) is 12.3. The molecule has 2 nitrogen and oxygen atoms in total. The van der Waals surface area contributed by atoms with E-state index in [0.717, 1.165) is 18.2 Å². The van der Waals surface area contributed by atoms with Gasteiger partial charge in [0.1, 0.15) is 0 Å². The third kappa shape index (κ3) is 4.54. The third-order valence-electron chi connectivity index (χ3n) is 4.23. The summed E-state index contributed by atoms with van der Waals surface area (Å²) in [6.07, 6.45) is 9.32. The molecule has 1 atom stereocenters. The maximum absolute atomic E-state index is 5.82. The van der Waals surface area contributed by atoms with E-state index in [4.69, 9.17) is 5.73 Å². The van der Waals surface area contributed by atoms with Gasteiger partial charge in [-0.1, -0.05) is 31.9 Å². The molecule has 0 aliphatic carbocycles. The van der Waals surface area contributed by atoms with Gasteiger partial charge in [0.15, 0.2) is 0 Å².